The van der Waals surface area contributed by atoms with Crippen LogP contribution in [-0.4, -0.2) is 36.7 Å². The van der Waals surface area contributed by atoms with E-state index in [1.807, 2.05) is 7.11 Å². The van der Waals surface area contributed by atoms with E-state index in [2.05, 4.69) is 26.0 Å². The first-order chi connectivity index (χ1) is 14.2. The third-order valence-electron chi connectivity index (χ3n) is 6.43. The highest BCUT2D eigenvalue weighted by Gasteiger charge is 2.29. The number of unbranched alkanes of at least 4 members (excludes halogenated alkanes) is 1. The van der Waals surface area contributed by atoms with Crippen molar-refractivity contribution in [3.8, 4) is 11.5 Å². The summed E-state index contributed by atoms with van der Waals surface area (Å²) in [6, 6.07) is 4.70. The Morgan fingerprint density at radius 3 is 1.93 bits per heavy atom. The van der Waals surface area contributed by atoms with Gasteiger partial charge in [0.2, 0.25) is 0 Å². The van der Waals surface area contributed by atoms with E-state index in [1.165, 1.54) is 97.0 Å². The fourth-order valence-electron chi connectivity index (χ4n) is 4.46. The van der Waals surface area contributed by atoms with Crippen LogP contribution in [0.4, 0.5) is 0 Å². The fourth-order valence-corrected chi connectivity index (χ4v) is 9.22. The summed E-state index contributed by atoms with van der Waals surface area (Å²) in [6.45, 7) is 5.47. The summed E-state index contributed by atoms with van der Waals surface area (Å²) in [6.07, 6.45) is 10.7. The Bertz CT molecular complexity index is 607. The third kappa shape index (κ3) is 7.02. The Kier molecular flexibility index (Phi) is 9.91. The second-order valence-electron chi connectivity index (χ2n) is 8.74. The van der Waals surface area contributed by atoms with E-state index in [1.54, 1.807) is 0 Å². The number of ether oxygens (including phenoxy) is 2. The molecular weight excluding hydrogens is 396 g/mol. The molecule has 4 heteroatoms. The first kappa shape index (κ1) is 23.2. The minimum absolute atomic E-state index is 0.536. The van der Waals surface area contributed by atoms with Crippen molar-refractivity contribution in [1.82, 2.24) is 0 Å². The zero-order valence-electron chi connectivity index (χ0n) is 19.0. The average molecular weight is 439 g/mol. The van der Waals surface area contributed by atoms with Gasteiger partial charge in [0.25, 0.3) is 0 Å². The highest BCUT2D eigenvalue weighted by Crippen LogP contribution is 2.35. The molecule has 0 aromatic heterocycles. The Morgan fingerprint density at radius 1 is 0.862 bits per heavy atom. The van der Waals surface area contributed by atoms with Gasteiger partial charge < -0.3 is 9.47 Å². The maximum atomic E-state index is 6.55. The summed E-state index contributed by atoms with van der Waals surface area (Å²) in [5.74, 6) is 10.9. The highest BCUT2D eigenvalue weighted by molar-refractivity contribution is 7.96. The minimum atomic E-state index is 0.536. The molecule has 0 bridgehead atoms. The van der Waals surface area contributed by atoms with E-state index in [-0.39, 0.29) is 0 Å². The van der Waals surface area contributed by atoms with Gasteiger partial charge in [-0.05, 0) is 71.9 Å². The van der Waals surface area contributed by atoms with Gasteiger partial charge in [-0.2, -0.15) is 0 Å². The molecule has 164 valence electrons. The van der Waals surface area contributed by atoms with Crippen molar-refractivity contribution in [1.29, 1.82) is 0 Å². The largest absolute Gasteiger partial charge is 0.496 e. The van der Waals surface area contributed by atoms with Crippen molar-refractivity contribution in [3.05, 3.63) is 23.3 Å². The molecule has 1 atom stereocenters. The second kappa shape index (κ2) is 12.4. The van der Waals surface area contributed by atoms with Crippen molar-refractivity contribution in [2.24, 2.45) is 5.92 Å². The Labute approximate surface area is 185 Å². The predicted octanol–water partition coefficient (Wildman–Crippen LogP) is 6.11. The van der Waals surface area contributed by atoms with Gasteiger partial charge in [0.15, 0.2) is 0 Å². The van der Waals surface area contributed by atoms with Crippen molar-refractivity contribution in [2.45, 2.75) is 76.7 Å². The average Bonchev–Trinajstić information content (AvgIpc) is 3.44. The Balaban J connectivity index is 1.77. The van der Waals surface area contributed by atoms with Crippen LogP contribution in [0.1, 0.15) is 76.3 Å². The number of benzene rings is 1. The molecule has 0 spiro atoms. The van der Waals surface area contributed by atoms with Gasteiger partial charge in [0.1, 0.15) is 46.0 Å². The molecule has 0 N–H and O–H groups in total. The Hall–Kier alpha value is -0.480. The molecule has 1 aromatic carbocycles. The summed E-state index contributed by atoms with van der Waals surface area (Å²) in [7, 11) is 2.92. The van der Waals surface area contributed by atoms with Crippen molar-refractivity contribution in [2.75, 3.05) is 36.7 Å². The van der Waals surface area contributed by atoms with E-state index in [9.17, 15) is 0 Å². The first-order valence-corrected chi connectivity index (χ1v) is 15.3. The lowest BCUT2D eigenvalue weighted by Crippen LogP contribution is -2.15. The molecule has 2 heterocycles. The van der Waals surface area contributed by atoms with Crippen molar-refractivity contribution in [3.63, 3.8) is 0 Å². The van der Waals surface area contributed by atoms with E-state index in [4.69, 9.17) is 9.47 Å². The number of hydrogen-bond donors (Lipinski definition) is 0. The molecule has 2 saturated heterocycles. The van der Waals surface area contributed by atoms with Crippen LogP contribution in [0.15, 0.2) is 12.1 Å². The number of methoxy groups -OCH3 is 1. The molecule has 2 aliphatic rings. The quantitative estimate of drug-likeness (QED) is 0.366. The van der Waals surface area contributed by atoms with Crippen molar-refractivity contribution >= 4 is 21.8 Å². The topological polar surface area (TPSA) is 18.5 Å². The molecule has 2 aliphatic heterocycles. The van der Waals surface area contributed by atoms with Crippen LogP contribution in [0.5, 0.6) is 11.5 Å². The lowest BCUT2D eigenvalue weighted by Gasteiger charge is -2.19. The van der Waals surface area contributed by atoms with Crippen molar-refractivity contribution < 1.29 is 9.47 Å². The maximum Gasteiger partial charge on any atom is 0.136 e. The molecule has 1 aromatic rings. The monoisotopic (exact) mass is 438 g/mol. The van der Waals surface area contributed by atoms with Gasteiger partial charge in [-0.25, -0.2) is 0 Å². The zero-order chi connectivity index (χ0) is 20.5. The van der Waals surface area contributed by atoms with Crippen LogP contribution in [0.2, 0.25) is 0 Å². The summed E-state index contributed by atoms with van der Waals surface area (Å²) in [4.78, 5) is 0. The molecular formula is C25H42O2S2+2. The fraction of sp³-hybridized carbons (Fsp3) is 0.760. The maximum absolute atomic E-state index is 6.55. The zero-order valence-corrected chi connectivity index (χ0v) is 20.6. The smallest absolute Gasteiger partial charge is 0.136 e. The molecule has 3 rings (SSSR count). The van der Waals surface area contributed by atoms with E-state index in [0.29, 0.717) is 27.7 Å². The van der Waals surface area contributed by atoms with Crippen LogP contribution < -0.4 is 9.47 Å². The lowest BCUT2D eigenvalue weighted by molar-refractivity contribution is 0.231. The van der Waals surface area contributed by atoms with Gasteiger partial charge in [-0.3, -0.25) is 0 Å². The summed E-state index contributed by atoms with van der Waals surface area (Å²) < 4.78 is 12.4. The molecule has 0 saturated carbocycles. The molecule has 1 unspecified atom stereocenters. The number of rotatable bonds is 12. The minimum Gasteiger partial charge on any atom is -0.496 e. The number of hydrogen-bond acceptors (Lipinski definition) is 2. The van der Waals surface area contributed by atoms with E-state index in [0.717, 1.165) is 18.1 Å². The van der Waals surface area contributed by atoms with Gasteiger partial charge in [0, 0.05) is 11.1 Å². The van der Waals surface area contributed by atoms with Crippen LogP contribution >= 0.6 is 0 Å². The van der Waals surface area contributed by atoms with E-state index >= 15 is 0 Å². The third-order valence-corrected chi connectivity index (χ3v) is 11.3. The van der Waals surface area contributed by atoms with Gasteiger partial charge in [0.05, 0.1) is 13.7 Å². The van der Waals surface area contributed by atoms with Gasteiger partial charge in [-0.15, -0.1) is 0 Å². The highest BCUT2D eigenvalue weighted by atomic mass is 32.2. The predicted molar refractivity (Wildman–Crippen MR) is 132 cm³/mol. The van der Waals surface area contributed by atoms with Crippen LogP contribution in [0.3, 0.4) is 0 Å². The molecule has 2 nitrogen and oxygen atoms in total. The van der Waals surface area contributed by atoms with Crippen LogP contribution in [0, 0.1) is 5.92 Å². The Morgan fingerprint density at radius 2 is 1.41 bits per heavy atom. The van der Waals surface area contributed by atoms with Gasteiger partial charge in [-0.1, -0.05) is 33.1 Å². The molecule has 0 radical (unpaired) electrons. The summed E-state index contributed by atoms with van der Waals surface area (Å²) >= 11 is 0. The normalized spacial score (nSPS) is 19.0. The van der Waals surface area contributed by atoms with E-state index < -0.39 is 0 Å². The standard InChI is InChI=1S/C25H42O2S2/c1-4-6-11-21(5-2)18-27-25-17-22(19-28-12-7-8-13-28)24(26-3)16-23(25)20-29-14-9-10-15-29/h16-17,21H,4-15,18-20H2,1-3H3/q+2. The SMILES string of the molecule is CCCCC(CC)COc1cc(C[S+]2CCCC2)c(OC)cc1C[S+]1CCCC1. The van der Waals surface area contributed by atoms with Crippen LogP contribution in [-0.2, 0) is 33.3 Å². The summed E-state index contributed by atoms with van der Waals surface area (Å²) in [5.41, 5.74) is 2.78. The van der Waals surface area contributed by atoms with Crippen LogP contribution in [0.25, 0.3) is 0 Å². The van der Waals surface area contributed by atoms with Gasteiger partial charge >= 0.3 is 0 Å². The molecule has 2 fully saturated rings. The first-order valence-electron chi connectivity index (χ1n) is 11.8. The lowest BCUT2D eigenvalue weighted by atomic mass is 10.0. The summed E-state index contributed by atoms with van der Waals surface area (Å²) in [5, 5.41) is 0. The molecule has 29 heavy (non-hydrogen) atoms. The molecule has 0 amide bonds. The second-order valence-corrected chi connectivity index (χ2v) is 13.4. The molecule has 0 aliphatic carbocycles.